The van der Waals surface area contributed by atoms with Gasteiger partial charge < -0.3 is 9.47 Å². The van der Waals surface area contributed by atoms with Gasteiger partial charge in [-0.2, -0.15) is 0 Å². The van der Waals surface area contributed by atoms with Crippen LogP contribution in [0.4, 0.5) is 0 Å². The van der Waals surface area contributed by atoms with Gasteiger partial charge in [0.15, 0.2) is 0 Å². The van der Waals surface area contributed by atoms with E-state index in [1.807, 2.05) is 0 Å². The summed E-state index contributed by atoms with van der Waals surface area (Å²) in [5.74, 6) is 0.0741. The molecule has 0 fully saturated rings. The molecule has 0 unspecified atom stereocenters. The molecule has 0 heterocycles. The smallest absolute Gasteiger partial charge is 0.361 e. The van der Waals surface area contributed by atoms with Crippen LogP contribution in [0.5, 0.6) is 0 Å². The summed E-state index contributed by atoms with van der Waals surface area (Å²) in [7, 11) is 4.23. The largest absolute Gasteiger partial charge is 1.00 e. The van der Waals surface area contributed by atoms with Crippen molar-refractivity contribution >= 4 is 10.2 Å². The molecule has 0 aliphatic heterocycles. The van der Waals surface area contributed by atoms with Gasteiger partial charge in [0.05, 0.1) is 10.2 Å². The van der Waals surface area contributed by atoms with Crippen LogP contribution in [0.15, 0.2) is 0 Å². The molecule has 2 nitrogen and oxygen atoms in total. The van der Waals surface area contributed by atoms with Crippen molar-refractivity contribution in [2.24, 2.45) is 0 Å². The SMILES string of the molecule is COC([SiH3])OC.[H+]. The molecule has 0 spiro atoms. The van der Waals surface area contributed by atoms with Crippen LogP contribution in [0, 0.1) is 0 Å². The van der Waals surface area contributed by atoms with E-state index in [4.69, 9.17) is 9.47 Å². The molecule has 0 aromatic heterocycles. The van der Waals surface area contributed by atoms with Crippen LogP contribution in [0.2, 0.25) is 0 Å². The van der Waals surface area contributed by atoms with Gasteiger partial charge in [-0.3, -0.25) is 0 Å². The average molecular weight is 107 g/mol. The molecule has 0 atom stereocenters. The zero-order valence-electron chi connectivity index (χ0n) is 5.39. The fourth-order valence-electron chi connectivity index (χ4n) is 0.0962. The van der Waals surface area contributed by atoms with Crippen LogP contribution in [0.3, 0.4) is 0 Å². The quantitative estimate of drug-likeness (QED) is 0.334. The fraction of sp³-hybridized carbons (Fsp3) is 1.00. The first-order valence-electron chi connectivity index (χ1n) is 1.87. The lowest BCUT2D eigenvalue weighted by Gasteiger charge is -2.03. The number of methoxy groups -OCH3 is 2. The van der Waals surface area contributed by atoms with Gasteiger partial charge in [0, 0.05) is 14.2 Å². The van der Waals surface area contributed by atoms with Crippen molar-refractivity contribution in [3.05, 3.63) is 0 Å². The molecular formula is C3H11O2Si+. The molecule has 0 N–H and O–H groups in total. The van der Waals surface area contributed by atoms with Crippen molar-refractivity contribution in [2.75, 3.05) is 14.2 Å². The summed E-state index contributed by atoms with van der Waals surface area (Å²) in [6.07, 6.45) is 0. The van der Waals surface area contributed by atoms with Crippen molar-refractivity contribution in [3.63, 3.8) is 0 Å². The summed E-state index contributed by atoms with van der Waals surface area (Å²) < 4.78 is 9.48. The molecule has 0 aliphatic carbocycles. The highest BCUT2D eigenvalue weighted by Crippen LogP contribution is 1.77. The van der Waals surface area contributed by atoms with E-state index in [1.54, 1.807) is 14.2 Å². The third-order valence-electron chi connectivity index (χ3n) is 0.664. The van der Waals surface area contributed by atoms with E-state index in [-0.39, 0.29) is 7.34 Å². The lowest BCUT2D eigenvalue weighted by Crippen LogP contribution is -2.11. The second-order valence-electron chi connectivity index (χ2n) is 1.04. The van der Waals surface area contributed by atoms with Crippen molar-refractivity contribution < 1.29 is 10.9 Å². The van der Waals surface area contributed by atoms with E-state index in [2.05, 4.69) is 0 Å². The Bertz CT molecular complexity index is 32.1. The Labute approximate surface area is 42.4 Å². The van der Waals surface area contributed by atoms with Crippen LogP contribution in [0.25, 0.3) is 0 Å². The van der Waals surface area contributed by atoms with Crippen LogP contribution < -0.4 is 0 Å². The summed E-state index contributed by atoms with van der Waals surface area (Å²) in [4.78, 5) is 0. The summed E-state index contributed by atoms with van der Waals surface area (Å²) in [5, 5.41) is 0. The second-order valence-corrected chi connectivity index (χ2v) is 1.98. The molecule has 0 aromatic rings. The van der Waals surface area contributed by atoms with Crippen molar-refractivity contribution in [2.45, 2.75) is 5.91 Å². The first kappa shape index (κ1) is 6.14. The van der Waals surface area contributed by atoms with E-state index in [1.165, 1.54) is 0 Å². The summed E-state index contributed by atoms with van der Waals surface area (Å²) >= 11 is 0. The molecule has 0 saturated heterocycles. The number of hydrogen-bond acceptors (Lipinski definition) is 2. The van der Waals surface area contributed by atoms with Crippen molar-refractivity contribution in [1.82, 2.24) is 0 Å². The van der Waals surface area contributed by atoms with E-state index < -0.39 is 0 Å². The fourth-order valence-corrected chi connectivity index (χ4v) is 0.0962. The maximum atomic E-state index is 4.74. The van der Waals surface area contributed by atoms with E-state index in [0.29, 0.717) is 0 Å². The molecule has 0 radical (unpaired) electrons. The number of ether oxygens (including phenoxy) is 2. The zero-order valence-corrected chi connectivity index (χ0v) is 6.39. The third kappa shape index (κ3) is 2.38. The van der Waals surface area contributed by atoms with Gasteiger partial charge in [-0.15, -0.1) is 0 Å². The maximum Gasteiger partial charge on any atom is 1.00 e. The topological polar surface area (TPSA) is 18.5 Å². The molecular weight excluding hydrogens is 96.1 g/mol. The van der Waals surface area contributed by atoms with E-state index in [9.17, 15) is 0 Å². The van der Waals surface area contributed by atoms with E-state index in [0.717, 1.165) is 10.2 Å². The standard InChI is InChI=1S/C3H10O2Si/c1-4-3(6)5-2/h3H,1-2,6H3/p+1. The molecule has 0 aromatic carbocycles. The van der Waals surface area contributed by atoms with Crippen LogP contribution in [-0.4, -0.2) is 30.4 Å². The number of hydrogen-bond donors (Lipinski definition) is 0. The Hall–Kier alpha value is 0.137. The minimum Gasteiger partial charge on any atom is -0.361 e. The molecule has 6 heavy (non-hydrogen) atoms. The van der Waals surface area contributed by atoms with Crippen molar-refractivity contribution in [1.29, 1.82) is 0 Å². The lowest BCUT2D eigenvalue weighted by atomic mass is 11.3. The predicted octanol–water partition coefficient (Wildman–Crippen LogP) is -0.959. The zero-order chi connectivity index (χ0) is 4.99. The molecule has 0 saturated carbocycles. The molecule has 0 bridgehead atoms. The summed E-state index contributed by atoms with van der Waals surface area (Å²) in [5.41, 5.74) is 0. The molecule has 38 valence electrons. The highest BCUT2D eigenvalue weighted by atomic mass is 28.1. The van der Waals surface area contributed by atoms with Gasteiger partial charge in [0.1, 0.15) is 5.91 Å². The molecule has 0 amide bonds. The first-order chi connectivity index (χ1) is 2.81. The van der Waals surface area contributed by atoms with Crippen LogP contribution >= 0.6 is 0 Å². The minimum absolute atomic E-state index is 0. The molecule has 0 aliphatic rings. The Kier molecular flexibility index (Phi) is 3.41. The Morgan fingerprint density at radius 3 is 1.83 bits per heavy atom. The highest BCUT2D eigenvalue weighted by molar-refractivity contribution is 6.09. The Balaban J connectivity index is 0. The lowest BCUT2D eigenvalue weighted by molar-refractivity contribution is -0.0411. The number of rotatable bonds is 2. The van der Waals surface area contributed by atoms with Crippen LogP contribution in [-0.2, 0) is 9.47 Å². The first-order valence-corrected chi connectivity index (χ1v) is 3.02. The molecule has 3 heteroatoms. The predicted molar refractivity (Wildman–Crippen MR) is 28.9 cm³/mol. The minimum atomic E-state index is 0. The van der Waals surface area contributed by atoms with Crippen molar-refractivity contribution in [3.8, 4) is 0 Å². The van der Waals surface area contributed by atoms with Gasteiger partial charge in [0.25, 0.3) is 0 Å². The van der Waals surface area contributed by atoms with E-state index >= 15 is 0 Å². The summed E-state index contributed by atoms with van der Waals surface area (Å²) in [6, 6.07) is 0. The van der Waals surface area contributed by atoms with Gasteiger partial charge in [-0.25, -0.2) is 0 Å². The van der Waals surface area contributed by atoms with Gasteiger partial charge in [-0.1, -0.05) is 0 Å². The Morgan fingerprint density at radius 2 is 1.83 bits per heavy atom. The normalized spacial score (nSPS) is 10.5. The van der Waals surface area contributed by atoms with Crippen LogP contribution in [0.1, 0.15) is 1.43 Å². The average Bonchev–Trinajstić information content (AvgIpc) is 1.65. The summed E-state index contributed by atoms with van der Waals surface area (Å²) in [6.45, 7) is 0. The van der Waals surface area contributed by atoms with Gasteiger partial charge >= 0.3 is 1.43 Å². The monoisotopic (exact) mass is 107 g/mol. The highest BCUT2D eigenvalue weighted by Gasteiger charge is 1.87. The second kappa shape index (κ2) is 3.33. The third-order valence-corrected chi connectivity index (χ3v) is 1.61. The molecule has 0 rings (SSSR count). The Morgan fingerprint density at radius 1 is 1.50 bits per heavy atom. The van der Waals surface area contributed by atoms with Gasteiger partial charge in [-0.05, 0) is 0 Å². The van der Waals surface area contributed by atoms with Gasteiger partial charge in [0.2, 0.25) is 0 Å². The maximum absolute atomic E-state index is 4.74.